The van der Waals surface area contributed by atoms with Crippen LogP contribution in [0.1, 0.15) is 74.5 Å². The van der Waals surface area contributed by atoms with Gasteiger partial charge >= 0.3 is 308 Å². The van der Waals surface area contributed by atoms with Gasteiger partial charge in [0, 0.05) is 0 Å². The van der Waals surface area contributed by atoms with Crippen LogP contribution in [0.15, 0.2) is 97.1 Å². The number of hydrogen-bond acceptors (Lipinski definition) is 1. The van der Waals surface area contributed by atoms with Crippen LogP contribution in [0, 0.1) is 0 Å². The van der Waals surface area contributed by atoms with E-state index in [-0.39, 0.29) is 27.1 Å². The fourth-order valence-corrected chi connectivity index (χ4v) is 12.2. The third kappa shape index (κ3) is 4.44. The van der Waals surface area contributed by atoms with E-state index in [0.29, 0.717) is 0 Å². The predicted molar refractivity (Wildman–Crippen MR) is 215 cm³/mol. The number of para-hydroxylation sites is 2. The SMILES string of the molecule is CC(C)(C)c1cc2c3c(c1)[Se]c1ccc(-n4c5c(c6ccccc64)CCCC5)cc1B3c1ccc(-n3c4c(c5ccccc53)CCCC4)cc1O2. The molecule has 0 saturated carbocycles. The van der Waals surface area contributed by atoms with Gasteiger partial charge in [0.1, 0.15) is 0 Å². The number of nitrogens with zero attached hydrogens (tertiary/aromatic N) is 2. The molecule has 0 fully saturated rings. The molecule has 5 aromatic carbocycles. The molecular formula is C46H41BN2OSe. The summed E-state index contributed by atoms with van der Waals surface area (Å²) in [5.74, 6) is 2.05. The number of fused-ring (bicyclic) bond motifs is 10. The molecule has 7 aromatic rings. The van der Waals surface area contributed by atoms with Crippen molar-refractivity contribution in [1.29, 1.82) is 0 Å². The standard InChI is InChI=1S/C46H41BN2OSe/c1-46(2,3)28-24-42-45-44(25-28)51-43-23-21-29(48-37-16-8-4-12-31(37)32-13-5-9-17-38(32)48)26-36(43)47(45)35-22-20-30(27-41(35)50-42)49-39-18-10-6-14-33(39)34-15-7-11-19-40(34)49/h4,6,8,10,12,14,16,18,20-27H,5,7,9,11,13,15,17,19H2,1-3H3. The van der Waals surface area contributed by atoms with Crippen LogP contribution in [-0.2, 0) is 31.1 Å². The Morgan fingerprint density at radius 3 is 1.86 bits per heavy atom. The van der Waals surface area contributed by atoms with E-state index in [1.807, 2.05) is 0 Å². The molecule has 4 aliphatic rings. The first kappa shape index (κ1) is 30.2. The monoisotopic (exact) mass is 728 g/mol. The summed E-state index contributed by atoms with van der Waals surface area (Å²) in [5, 5.41) is 2.84. The van der Waals surface area contributed by atoms with Crippen molar-refractivity contribution in [3.63, 3.8) is 0 Å². The fourth-order valence-electron chi connectivity index (χ4n) is 9.77. The van der Waals surface area contributed by atoms with Crippen molar-refractivity contribution in [2.45, 2.75) is 77.6 Å². The van der Waals surface area contributed by atoms with E-state index in [9.17, 15) is 0 Å². The van der Waals surface area contributed by atoms with E-state index in [0.717, 1.165) is 24.3 Å². The Labute approximate surface area is 306 Å². The number of hydrogen-bond donors (Lipinski definition) is 0. The van der Waals surface area contributed by atoms with Gasteiger partial charge in [0.2, 0.25) is 0 Å². The summed E-state index contributed by atoms with van der Waals surface area (Å²) in [6.07, 6.45) is 9.69. The van der Waals surface area contributed by atoms with Gasteiger partial charge in [-0.15, -0.1) is 0 Å². The summed E-state index contributed by atoms with van der Waals surface area (Å²) in [6, 6.07) is 37.5. The molecule has 0 atom stereocenters. The van der Waals surface area contributed by atoms with Crippen molar-refractivity contribution in [2.24, 2.45) is 0 Å². The third-order valence-electron chi connectivity index (χ3n) is 12.2. The van der Waals surface area contributed by atoms with Gasteiger partial charge in [-0.1, -0.05) is 0 Å². The normalized spacial score (nSPS) is 15.9. The molecule has 2 aliphatic heterocycles. The average molecular weight is 728 g/mol. The molecule has 0 N–H and O–H groups in total. The zero-order valence-electron chi connectivity index (χ0n) is 29.7. The molecule has 0 saturated heterocycles. The molecule has 5 heteroatoms. The molecule has 2 aliphatic carbocycles. The first-order chi connectivity index (χ1) is 24.9. The third-order valence-corrected chi connectivity index (χ3v) is 14.6. The van der Waals surface area contributed by atoms with Crippen molar-refractivity contribution >= 4 is 68.8 Å². The molecule has 0 radical (unpaired) electrons. The average Bonchev–Trinajstić information content (AvgIpc) is 3.67. The van der Waals surface area contributed by atoms with Gasteiger partial charge < -0.3 is 0 Å². The number of rotatable bonds is 2. The van der Waals surface area contributed by atoms with E-state index < -0.39 is 0 Å². The Balaban J connectivity index is 1.13. The summed E-state index contributed by atoms with van der Waals surface area (Å²) in [7, 11) is 0. The van der Waals surface area contributed by atoms with Gasteiger partial charge in [-0.05, 0) is 0 Å². The topological polar surface area (TPSA) is 19.1 Å². The maximum atomic E-state index is 7.10. The molecule has 4 heterocycles. The van der Waals surface area contributed by atoms with Gasteiger partial charge in [0.05, 0.1) is 0 Å². The van der Waals surface area contributed by atoms with E-state index in [2.05, 4.69) is 127 Å². The molecule has 0 unspecified atom stereocenters. The molecular weight excluding hydrogens is 686 g/mol. The van der Waals surface area contributed by atoms with Gasteiger partial charge in [-0.2, -0.15) is 0 Å². The zero-order chi connectivity index (χ0) is 34.0. The van der Waals surface area contributed by atoms with Crippen molar-refractivity contribution < 1.29 is 4.74 Å². The van der Waals surface area contributed by atoms with Crippen LogP contribution < -0.4 is 30.0 Å². The Morgan fingerprint density at radius 1 is 0.588 bits per heavy atom. The molecule has 2 aromatic heterocycles. The van der Waals surface area contributed by atoms with E-state index in [1.54, 1.807) is 5.56 Å². The molecule has 3 nitrogen and oxygen atoms in total. The van der Waals surface area contributed by atoms with E-state index in [4.69, 9.17) is 4.74 Å². The van der Waals surface area contributed by atoms with Crippen molar-refractivity contribution in [1.82, 2.24) is 9.13 Å². The first-order valence-electron chi connectivity index (χ1n) is 19.0. The number of aryl methyl sites for hydroxylation is 2. The van der Waals surface area contributed by atoms with Crippen molar-refractivity contribution in [3.05, 3.63) is 125 Å². The van der Waals surface area contributed by atoms with Crippen molar-refractivity contribution in [3.8, 4) is 22.9 Å². The van der Waals surface area contributed by atoms with Crippen LogP contribution in [0.25, 0.3) is 33.2 Å². The molecule has 0 spiro atoms. The summed E-state index contributed by atoms with van der Waals surface area (Å²) >= 11 is 0.192. The second-order valence-corrected chi connectivity index (χ2v) is 18.5. The summed E-state index contributed by atoms with van der Waals surface area (Å²) in [6.45, 7) is 7.12. The fraction of sp³-hybridized carbons (Fsp3) is 0.261. The molecule has 250 valence electrons. The molecule has 0 bridgehead atoms. The minimum atomic E-state index is 0.0322. The summed E-state index contributed by atoms with van der Waals surface area (Å²) in [5.41, 5.74) is 16.8. The van der Waals surface area contributed by atoms with E-state index in [1.165, 1.54) is 120 Å². The van der Waals surface area contributed by atoms with Crippen LogP contribution in [0.3, 0.4) is 0 Å². The summed E-state index contributed by atoms with van der Waals surface area (Å²) in [4.78, 5) is 0. The molecule has 51 heavy (non-hydrogen) atoms. The van der Waals surface area contributed by atoms with Crippen LogP contribution in [0.5, 0.6) is 11.5 Å². The predicted octanol–water partition coefficient (Wildman–Crippen LogP) is 7.22. The van der Waals surface area contributed by atoms with Crippen molar-refractivity contribution in [2.75, 3.05) is 0 Å². The minimum absolute atomic E-state index is 0.0322. The second-order valence-electron chi connectivity index (χ2n) is 16.2. The quantitative estimate of drug-likeness (QED) is 0.172. The number of benzene rings is 5. The first-order valence-corrected chi connectivity index (χ1v) is 20.7. The number of aromatic nitrogens is 2. The van der Waals surface area contributed by atoms with Gasteiger partial charge in [-0.25, -0.2) is 0 Å². The molecule has 11 rings (SSSR count). The van der Waals surface area contributed by atoms with Crippen LogP contribution in [-0.4, -0.2) is 30.8 Å². The Kier molecular flexibility index (Phi) is 6.54. The molecule has 0 amide bonds. The second kappa shape index (κ2) is 11.0. The maximum absolute atomic E-state index is 7.10. The Morgan fingerprint density at radius 2 is 1.20 bits per heavy atom. The Bertz CT molecular complexity index is 2600. The Hall–Kier alpha value is -4.44. The number of ether oxygens (including phenoxy) is 1. The van der Waals surface area contributed by atoms with Crippen LogP contribution >= 0.6 is 0 Å². The zero-order valence-corrected chi connectivity index (χ0v) is 31.4. The van der Waals surface area contributed by atoms with E-state index >= 15 is 0 Å². The van der Waals surface area contributed by atoms with Gasteiger partial charge in [0.25, 0.3) is 0 Å². The summed E-state index contributed by atoms with van der Waals surface area (Å²) < 4.78 is 15.2. The van der Waals surface area contributed by atoms with Crippen LogP contribution in [0.2, 0.25) is 0 Å². The van der Waals surface area contributed by atoms with Gasteiger partial charge in [0.15, 0.2) is 0 Å². The van der Waals surface area contributed by atoms with Crippen LogP contribution in [0.4, 0.5) is 0 Å². The van der Waals surface area contributed by atoms with Gasteiger partial charge in [-0.3, -0.25) is 0 Å².